The van der Waals surface area contributed by atoms with Gasteiger partial charge in [-0.3, -0.25) is 0 Å². The molecule has 1 aliphatic rings. The van der Waals surface area contributed by atoms with Gasteiger partial charge in [0.15, 0.2) is 5.13 Å². The third-order valence-corrected chi connectivity index (χ3v) is 5.86. The minimum atomic E-state index is 0.402. The van der Waals surface area contributed by atoms with Crippen molar-refractivity contribution < 1.29 is 0 Å². The third kappa shape index (κ3) is 3.84. The SMILES string of the molecule is CCCNC(C)c1cnc(N(Cc2cccs2)C2CC2)s1. The van der Waals surface area contributed by atoms with Crippen molar-refractivity contribution in [3.8, 4) is 0 Å². The lowest BCUT2D eigenvalue weighted by molar-refractivity contribution is 0.577. The number of thiophene rings is 1. The average molecular weight is 322 g/mol. The van der Waals surface area contributed by atoms with Gasteiger partial charge < -0.3 is 10.2 Å². The van der Waals surface area contributed by atoms with Crippen molar-refractivity contribution in [2.75, 3.05) is 11.4 Å². The summed E-state index contributed by atoms with van der Waals surface area (Å²) in [5.41, 5.74) is 0. The van der Waals surface area contributed by atoms with Gasteiger partial charge in [0.05, 0.1) is 6.54 Å². The molecule has 0 amide bonds. The summed E-state index contributed by atoms with van der Waals surface area (Å²) in [6.45, 7) is 6.50. The molecule has 3 rings (SSSR count). The summed E-state index contributed by atoms with van der Waals surface area (Å²) in [6.07, 6.45) is 5.84. The molecule has 3 nitrogen and oxygen atoms in total. The molecule has 1 unspecified atom stereocenters. The number of hydrogen-bond acceptors (Lipinski definition) is 5. The van der Waals surface area contributed by atoms with Crippen LogP contribution in [0.5, 0.6) is 0 Å². The first kappa shape index (κ1) is 15.0. The molecule has 2 aromatic heterocycles. The fraction of sp³-hybridized carbons (Fsp3) is 0.562. The Morgan fingerprint density at radius 1 is 1.48 bits per heavy atom. The highest BCUT2D eigenvalue weighted by Gasteiger charge is 2.31. The summed E-state index contributed by atoms with van der Waals surface area (Å²) < 4.78 is 0. The van der Waals surface area contributed by atoms with Crippen LogP contribution in [0.25, 0.3) is 0 Å². The minimum absolute atomic E-state index is 0.402. The molecule has 1 atom stereocenters. The highest BCUT2D eigenvalue weighted by atomic mass is 32.1. The van der Waals surface area contributed by atoms with Gasteiger partial charge in [0.1, 0.15) is 0 Å². The Morgan fingerprint density at radius 2 is 2.33 bits per heavy atom. The Morgan fingerprint density at radius 3 is 3.00 bits per heavy atom. The summed E-state index contributed by atoms with van der Waals surface area (Å²) in [4.78, 5) is 9.96. The quantitative estimate of drug-likeness (QED) is 0.779. The second kappa shape index (κ2) is 6.90. The third-order valence-electron chi connectivity index (χ3n) is 3.78. The van der Waals surface area contributed by atoms with Crippen LogP contribution in [-0.4, -0.2) is 17.6 Å². The first-order valence-corrected chi connectivity index (χ1v) is 9.45. The minimum Gasteiger partial charge on any atom is -0.340 e. The lowest BCUT2D eigenvalue weighted by Gasteiger charge is -2.20. The Kier molecular flexibility index (Phi) is 4.93. The Balaban J connectivity index is 1.70. The molecule has 5 heteroatoms. The van der Waals surface area contributed by atoms with Crippen LogP contribution in [0.15, 0.2) is 23.7 Å². The highest BCUT2D eigenvalue weighted by molar-refractivity contribution is 7.15. The van der Waals surface area contributed by atoms with Crippen molar-refractivity contribution in [2.24, 2.45) is 0 Å². The van der Waals surface area contributed by atoms with Gasteiger partial charge in [-0.15, -0.1) is 22.7 Å². The maximum absolute atomic E-state index is 4.70. The normalized spacial score (nSPS) is 16.1. The van der Waals surface area contributed by atoms with E-state index in [1.54, 1.807) is 0 Å². The van der Waals surface area contributed by atoms with E-state index in [1.807, 2.05) is 22.7 Å². The maximum Gasteiger partial charge on any atom is 0.186 e. The van der Waals surface area contributed by atoms with E-state index < -0.39 is 0 Å². The first-order valence-electron chi connectivity index (χ1n) is 7.76. The Hall–Kier alpha value is -0.910. The summed E-state index contributed by atoms with van der Waals surface area (Å²) in [5, 5.41) is 6.89. The lowest BCUT2D eigenvalue weighted by Crippen LogP contribution is -2.24. The van der Waals surface area contributed by atoms with E-state index in [0.717, 1.165) is 13.1 Å². The molecule has 1 N–H and O–H groups in total. The molecule has 0 bridgehead atoms. The number of anilines is 1. The van der Waals surface area contributed by atoms with Gasteiger partial charge in [-0.05, 0) is 44.2 Å². The molecule has 0 aromatic carbocycles. The van der Waals surface area contributed by atoms with Crippen LogP contribution in [0.4, 0.5) is 5.13 Å². The summed E-state index contributed by atoms with van der Waals surface area (Å²) >= 11 is 3.68. The zero-order valence-electron chi connectivity index (χ0n) is 12.7. The molecular weight excluding hydrogens is 298 g/mol. The van der Waals surface area contributed by atoms with Gasteiger partial charge >= 0.3 is 0 Å². The predicted octanol–water partition coefficient (Wildman–Crippen LogP) is 4.43. The Labute approximate surface area is 135 Å². The standard InChI is InChI=1S/C16H23N3S2/c1-3-8-17-12(2)15-10-18-16(21-15)19(13-6-7-13)11-14-5-4-9-20-14/h4-5,9-10,12-13,17H,3,6-8,11H2,1-2H3. The second-order valence-corrected chi connectivity index (χ2v) is 7.73. The van der Waals surface area contributed by atoms with Gasteiger partial charge in [-0.1, -0.05) is 13.0 Å². The van der Waals surface area contributed by atoms with Crippen LogP contribution in [-0.2, 0) is 6.54 Å². The van der Waals surface area contributed by atoms with Gasteiger partial charge in [0.25, 0.3) is 0 Å². The topological polar surface area (TPSA) is 28.2 Å². The summed E-state index contributed by atoms with van der Waals surface area (Å²) in [6, 6.07) is 5.46. The van der Waals surface area contributed by atoms with Crippen LogP contribution >= 0.6 is 22.7 Å². The second-order valence-electron chi connectivity index (χ2n) is 5.66. The number of aromatic nitrogens is 1. The van der Waals surface area contributed by atoms with E-state index in [-0.39, 0.29) is 0 Å². The van der Waals surface area contributed by atoms with Crippen LogP contribution in [0.1, 0.15) is 48.9 Å². The molecule has 2 aromatic rings. The summed E-state index contributed by atoms with van der Waals surface area (Å²) in [5.74, 6) is 0. The zero-order valence-corrected chi connectivity index (χ0v) is 14.3. The fourth-order valence-electron chi connectivity index (χ4n) is 2.38. The van der Waals surface area contributed by atoms with Gasteiger partial charge in [-0.25, -0.2) is 4.98 Å². The van der Waals surface area contributed by atoms with Gasteiger partial charge in [0.2, 0.25) is 0 Å². The van der Waals surface area contributed by atoms with Gasteiger partial charge in [-0.2, -0.15) is 0 Å². The molecule has 0 spiro atoms. The number of rotatable bonds is 8. The molecule has 1 aliphatic carbocycles. The molecule has 1 saturated carbocycles. The van der Waals surface area contributed by atoms with Crippen LogP contribution in [0.2, 0.25) is 0 Å². The Bertz CT molecular complexity index is 546. The smallest absolute Gasteiger partial charge is 0.186 e. The van der Waals surface area contributed by atoms with Crippen molar-refractivity contribution >= 4 is 27.8 Å². The van der Waals surface area contributed by atoms with Crippen LogP contribution in [0, 0.1) is 0 Å². The molecule has 0 aliphatic heterocycles. The van der Waals surface area contributed by atoms with E-state index in [9.17, 15) is 0 Å². The van der Waals surface area contributed by atoms with Crippen molar-refractivity contribution in [1.29, 1.82) is 0 Å². The number of thiazole rings is 1. The molecule has 0 radical (unpaired) electrons. The largest absolute Gasteiger partial charge is 0.340 e. The van der Waals surface area contributed by atoms with E-state index in [1.165, 1.54) is 34.1 Å². The number of nitrogens with one attached hydrogen (secondary N) is 1. The monoisotopic (exact) mass is 321 g/mol. The first-order chi connectivity index (χ1) is 10.3. The van der Waals surface area contributed by atoms with E-state index in [2.05, 4.69) is 47.8 Å². The van der Waals surface area contributed by atoms with Gasteiger partial charge in [0, 0.05) is 28.0 Å². The zero-order chi connectivity index (χ0) is 14.7. The molecular formula is C16H23N3S2. The average Bonchev–Trinajstić information content (AvgIpc) is 3.01. The van der Waals surface area contributed by atoms with E-state index in [0.29, 0.717) is 12.1 Å². The fourth-order valence-corrected chi connectivity index (χ4v) is 4.10. The predicted molar refractivity (Wildman–Crippen MR) is 92.3 cm³/mol. The molecule has 21 heavy (non-hydrogen) atoms. The lowest BCUT2D eigenvalue weighted by atomic mass is 10.3. The van der Waals surface area contributed by atoms with Crippen molar-refractivity contribution in [1.82, 2.24) is 10.3 Å². The molecule has 1 fully saturated rings. The van der Waals surface area contributed by atoms with Crippen molar-refractivity contribution in [3.63, 3.8) is 0 Å². The molecule has 114 valence electrons. The van der Waals surface area contributed by atoms with E-state index in [4.69, 9.17) is 4.98 Å². The van der Waals surface area contributed by atoms with Crippen LogP contribution < -0.4 is 10.2 Å². The van der Waals surface area contributed by atoms with Crippen molar-refractivity contribution in [3.05, 3.63) is 33.5 Å². The van der Waals surface area contributed by atoms with E-state index >= 15 is 0 Å². The summed E-state index contributed by atoms with van der Waals surface area (Å²) in [7, 11) is 0. The number of hydrogen-bond donors (Lipinski definition) is 1. The maximum atomic E-state index is 4.70. The highest BCUT2D eigenvalue weighted by Crippen LogP contribution is 2.37. The van der Waals surface area contributed by atoms with Crippen LogP contribution in [0.3, 0.4) is 0 Å². The molecule has 0 saturated heterocycles. The number of nitrogens with zero attached hydrogens (tertiary/aromatic N) is 2. The molecule has 2 heterocycles. The van der Waals surface area contributed by atoms with Crippen molar-refractivity contribution in [2.45, 2.75) is 51.7 Å².